The maximum atomic E-state index is 12.9. The molecule has 2 saturated carbocycles. The van der Waals surface area contributed by atoms with Crippen molar-refractivity contribution in [1.82, 2.24) is 9.62 Å². The van der Waals surface area contributed by atoms with E-state index in [2.05, 4.69) is 5.32 Å². The van der Waals surface area contributed by atoms with E-state index in [1.54, 1.807) is 19.2 Å². The van der Waals surface area contributed by atoms with Gasteiger partial charge in [0.15, 0.2) is 0 Å². The first-order chi connectivity index (χ1) is 12.9. The maximum Gasteiger partial charge on any atom is 0.251 e. The molecular weight excluding hydrogens is 362 g/mol. The highest BCUT2D eigenvalue weighted by atomic mass is 32.2. The molecule has 0 radical (unpaired) electrons. The van der Waals surface area contributed by atoms with Gasteiger partial charge in [0, 0.05) is 25.2 Å². The maximum absolute atomic E-state index is 12.9. The molecular formula is C20H31N3O3S. The molecule has 7 heteroatoms. The van der Waals surface area contributed by atoms with Gasteiger partial charge in [-0.15, -0.1) is 0 Å². The summed E-state index contributed by atoms with van der Waals surface area (Å²) in [7, 11) is -1.87. The minimum absolute atomic E-state index is 0.0681. The van der Waals surface area contributed by atoms with Crippen LogP contribution in [0, 0.1) is 0 Å². The zero-order valence-corrected chi connectivity index (χ0v) is 16.9. The van der Waals surface area contributed by atoms with E-state index in [4.69, 9.17) is 5.73 Å². The van der Waals surface area contributed by atoms with Crippen LogP contribution in [-0.4, -0.2) is 43.8 Å². The minimum atomic E-state index is -3.54. The molecule has 0 atom stereocenters. The summed E-state index contributed by atoms with van der Waals surface area (Å²) < 4.78 is 27.3. The van der Waals surface area contributed by atoms with Crippen LogP contribution in [-0.2, 0) is 10.0 Å². The summed E-state index contributed by atoms with van der Waals surface area (Å²) in [4.78, 5) is 12.8. The number of hydrogen-bond donors (Lipinski definition) is 2. The standard InChI is InChI=1S/C20H31N3O3S/c1-23(17-7-3-2-4-8-17)27(25,26)18-11-9-16(10-12-18)19(24)22-20(15-21)13-5-6-14-20/h9-12,17H,2-8,13-15,21H2,1H3,(H,22,24). The Balaban J connectivity index is 1.71. The summed E-state index contributed by atoms with van der Waals surface area (Å²) in [5.41, 5.74) is 6.03. The lowest BCUT2D eigenvalue weighted by molar-refractivity contribution is 0.0903. The second kappa shape index (κ2) is 8.29. The molecule has 1 amide bonds. The number of nitrogens with two attached hydrogens (primary N) is 1. The van der Waals surface area contributed by atoms with Gasteiger partial charge in [-0.3, -0.25) is 4.79 Å². The van der Waals surface area contributed by atoms with Gasteiger partial charge < -0.3 is 11.1 Å². The van der Waals surface area contributed by atoms with E-state index in [0.29, 0.717) is 12.1 Å². The van der Waals surface area contributed by atoms with Crippen molar-refractivity contribution in [3.63, 3.8) is 0 Å². The van der Waals surface area contributed by atoms with E-state index >= 15 is 0 Å². The molecule has 2 aliphatic carbocycles. The number of nitrogens with one attached hydrogen (secondary N) is 1. The zero-order chi connectivity index (χ0) is 19.5. The lowest BCUT2D eigenvalue weighted by Crippen LogP contribution is -2.51. The number of rotatable bonds is 6. The third-order valence-corrected chi connectivity index (χ3v) is 8.14. The van der Waals surface area contributed by atoms with Gasteiger partial charge in [-0.2, -0.15) is 4.31 Å². The summed E-state index contributed by atoms with van der Waals surface area (Å²) in [6, 6.07) is 6.32. The molecule has 3 rings (SSSR count). The summed E-state index contributed by atoms with van der Waals surface area (Å²) in [6.45, 7) is 0.428. The monoisotopic (exact) mass is 393 g/mol. The van der Waals surface area contributed by atoms with Gasteiger partial charge in [0.05, 0.1) is 10.4 Å². The van der Waals surface area contributed by atoms with Gasteiger partial charge in [-0.25, -0.2) is 8.42 Å². The molecule has 2 fully saturated rings. The molecule has 1 aromatic carbocycles. The van der Waals surface area contributed by atoms with Crippen LogP contribution in [0.3, 0.4) is 0 Å². The predicted molar refractivity (Wildman–Crippen MR) is 106 cm³/mol. The normalized spacial score (nSPS) is 20.7. The van der Waals surface area contributed by atoms with Crippen molar-refractivity contribution in [3.05, 3.63) is 29.8 Å². The van der Waals surface area contributed by atoms with Gasteiger partial charge in [0.1, 0.15) is 0 Å². The third kappa shape index (κ3) is 4.36. The number of sulfonamides is 1. The van der Waals surface area contributed by atoms with Crippen LogP contribution in [0.25, 0.3) is 0 Å². The number of nitrogens with zero attached hydrogens (tertiary/aromatic N) is 1. The smallest absolute Gasteiger partial charge is 0.251 e. The molecule has 0 heterocycles. The van der Waals surface area contributed by atoms with Crippen LogP contribution in [0.1, 0.15) is 68.1 Å². The van der Waals surface area contributed by atoms with E-state index in [9.17, 15) is 13.2 Å². The average Bonchev–Trinajstić information content (AvgIpc) is 3.17. The molecule has 0 aromatic heterocycles. The van der Waals surface area contributed by atoms with Crippen LogP contribution >= 0.6 is 0 Å². The quantitative estimate of drug-likeness (QED) is 0.777. The average molecular weight is 394 g/mol. The largest absolute Gasteiger partial charge is 0.345 e. The lowest BCUT2D eigenvalue weighted by atomic mass is 9.96. The molecule has 3 N–H and O–H groups in total. The highest BCUT2D eigenvalue weighted by Gasteiger charge is 2.34. The molecule has 27 heavy (non-hydrogen) atoms. The summed E-state index contributed by atoms with van der Waals surface area (Å²) >= 11 is 0. The minimum Gasteiger partial charge on any atom is -0.345 e. The Morgan fingerprint density at radius 3 is 2.26 bits per heavy atom. The van der Waals surface area contributed by atoms with Crippen molar-refractivity contribution in [2.75, 3.05) is 13.6 Å². The van der Waals surface area contributed by atoms with Crippen molar-refractivity contribution in [2.24, 2.45) is 5.73 Å². The second-order valence-electron chi connectivity index (χ2n) is 7.98. The van der Waals surface area contributed by atoms with Crippen molar-refractivity contribution in [2.45, 2.75) is 74.3 Å². The van der Waals surface area contributed by atoms with E-state index in [-0.39, 0.29) is 22.4 Å². The topological polar surface area (TPSA) is 92.5 Å². The Hall–Kier alpha value is -1.44. The van der Waals surface area contributed by atoms with Crippen molar-refractivity contribution >= 4 is 15.9 Å². The molecule has 2 aliphatic rings. The fourth-order valence-electron chi connectivity index (χ4n) is 4.33. The Morgan fingerprint density at radius 2 is 1.70 bits per heavy atom. The Labute approximate surface area is 162 Å². The molecule has 0 saturated heterocycles. The van der Waals surface area contributed by atoms with Crippen LogP contribution in [0.2, 0.25) is 0 Å². The van der Waals surface area contributed by atoms with E-state index in [1.165, 1.54) is 22.9 Å². The second-order valence-corrected chi connectivity index (χ2v) is 9.98. The Morgan fingerprint density at radius 1 is 1.11 bits per heavy atom. The molecule has 150 valence electrons. The summed E-state index contributed by atoms with van der Waals surface area (Å²) in [6.07, 6.45) is 9.10. The lowest BCUT2D eigenvalue weighted by Gasteiger charge is -2.30. The number of carbonyl (C=O) groups is 1. The SMILES string of the molecule is CN(C1CCCCC1)S(=O)(=O)c1ccc(C(=O)NC2(CN)CCCC2)cc1. The zero-order valence-electron chi connectivity index (χ0n) is 16.1. The highest BCUT2D eigenvalue weighted by Crippen LogP contribution is 2.29. The fourth-order valence-corrected chi connectivity index (χ4v) is 5.75. The summed E-state index contributed by atoms with van der Waals surface area (Å²) in [5, 5.41) is 3.07. The van der Waals surface area contributed by atoms with Crippen LogP contribution in [0.4, 0.5) is 0 Å². The highest BCUT2D eigenvalue weighted by molar-refractivity contribution is 7.89. The van der Waals surface area contributed by atoms with Crippen molar-refractivity contribution in [3.8, 4) is 0 Å². The van der Waals surface area contributed by atoms with Gasteiger partial charge >= 0.3 is 0 Å². The van der Waals surface area contributed by atoms with E-state index < -0.39 is 10.0 Å². The van der Waals surface area contributed by atoms with Crippen molar-refractivity contribution in [1.29, 1.82) is 0 Å². The van der Waals surface area contributed by atoms with E-state index in [1.807, 2.05) is 0 Å². The molecule has 0 unspecified atom stereocenters. The van der Waals surface area contributed by atoms with Gasteiger partial charge in [0.2, 0.25) is 10.0 Å². The number of amides is 1. The van der Waals surface area contributed by atoms with Gasteiger partial charge in [0.25, 0.3) is 5.91 Å². The molecule has 0 bridgehead atoms. The fraction of sp³-hybridized carbons (Fsp3) is 0.650. The first-order valence-corrected chi connectivity index (χ1v) is 11.4. The predicted octanol–water partition coefficient (Wildman–Crippen LogP) is 2.64. The molecule has 1 aromatic rings. The van der Waals surface area contributed by atoms with Gasteiger partial charge in [-0.1, -0.05) is 32.1 Å². The molecule has 0 spiro atoms. The molecule has 6 nitrogen and oxygen atoms in total. The Bertz CT molecular complexity index is 749. The summed E-state index contributed by atoms with van der Waals surface area (Å²) in [5.74, 6) is -0.188. The Kier molecular flexibility index (Phi) is 6.23. The first-order valence-electron chi connectivity index (χ1n) is 9.99. The van der Waals surface area contributed by atoms with Crippen LogP contribution in [0.15, 0.2) is 29.2 Å². The van der Waals surface area contributed by atoms with E-state index in [0.717, 1.165) is 51.4 Å². The first kappa shape index (κ1) is 20.3. The van der Waals surface area contributed by atoms with Crippen LogP contribution in [0.5, 0.6) is 0 Å². The number of benzene rings is 1. The molecule has 0 aliphatic heterocycles. The van der Waals surface area contributed by atoms with Crippen LogP contribution < -0.4 is 11.1 Å². The number of carbonyl (C=O) groups excluding carboxylic acids is 1. The van der Waals surface area contributed by atoms with Gasteiger partial charge in [-0.05, 0) is 49.9 Å². The third-order valence-electron chi connectivity index (χ3n) is 6.21. The van der Waals surface area contributed by atoms with Crippen molar-refractivity contribution < 1.29 is 13.2 Å². The number of hydrogen-bond acceptors (Lipinski definition) is 4.